The molecule has 3 aromatic rings. The largest absolute Gasteiger partial charge is 0.383 e. The van der Waals surface area contributed by atoms with E-state index in [0.717, 1.165) is 17.5 Å². The number of rotatable bonds is 3. The first-order valence-corrected chi connectivity index (χ1v) is 7.97. The highest BCUT2D eigenvalue weighted by molar-refractivity contribution is 5.90. The minimum absolute atomic E-state index is 0.557. The smallest absolute Gasteiger partial charge is 0.146 e. The van der Waals surface area contributed by atoms with Gasteiger partial charge in [0.1, 0.15) is 17.8 Å². The molecule has 4 nitrogen and oxygen atoms in total. The molecule has 0 spiro atoms. The molecule has 2 N–H and O–H groups in total. The van der Waals surface area contributed by atoms with Crippen LogP contribution in [0.15, 0.2) is 42.9 Å². The minimum atomic E-state index is 0.557. The topological polar surface area (TPSA) is 56.7 Å². The Morgan fingerprint density at radius 1 is 1.09 bits per heavy atom. The van der Waals surface area contributed by atoms with Crippen LogP contribution in [0, 0.1) is 0 Å². The van der Waals surface area contributed by atoms with Crippen LogP contribution < -0.4 is 5.73 Å². The molecule has 0 aliphatic heterocycles. The molecule has 0 saturated heterocycles. The summed E-state index contributed by atoms with van der Waals surface area (Å²) in [6, 6.07) is 11.1. The molecule has 1 saturated carbocycles. The Labute approximate surface area is 130 Å². The number of hydrogen-bond acceptors (Lipinski definition) is 3. The van der Waals surface area contributed by atoms with Crippen LogP contribution >= 0.6 is 0 Å². The van der Waals surface area contributed by atoms with Crippen LogP contribution in [0.1, 0.15) is 42.9 Å². The van der Waals surface area contributed by atoms with Crippen LogP contribution in [-0.2, 0) is 6.42 Å². The predicted molar refractivity (Wildman–Crippen MR) is 88.7 cm³/mol. The molecule has 2 aromatic heterocycles. The summed E-state index contributed by atoms with van der Waals surface area (Å²) in [6.45, 7) is 0. The number of hydrogen-bond donors (Lipinski definition) is 1. The van der Waals surface area contributed by atoms with Gasteiger partial charge >= 0.3 is 0 Å². The summed E-state index contributed by atoms with van der Waals surface area (Å²) in [5.74, 6) is 0.590. The summed E-state index contributed by atoms with van der Waals surface area (Å²) in [7, 11) is 0. The SMILES string of the molecule is Nc1ncnc2c1c(Cc1ccccc1)cn2C1CCCC1. The Kier molecular flexibility index (Phi) is 3.29. The molecule has 2 heterocycles. The summed E-state index contributed by atoms with van der Waals surface area (Å²) in [5.41, 5.74) is 9.67. The first-order valence-electron chi connectivity index (χ1n) is 7.97. The number of nitrogens with zero attached hydrogens (tertiary/aromatic N) is 3. The molecule has 0 atom stereocenters. The first kappa shape index (κ1) is 13.3. The third-order valence-electron chi connectivity index (χ3n) is 4.67. The van der Waals surface area contributed by atoms with E-state index in [9.17, 15) is 0 Å². The maximum absolute atomic E-state index is 6.16. The second-order valence-electron chi connectivity index (χ2n) is 6.12. The summed E-state index contributed by atoms with van der Waals surface area (Å²) in [4.78, 5) is 8.72. The lowest BCUT2D eigenvalue weighted by Crippen LogP contribution is -2.04. The quantitative estimate of drug-likeness (QED) is 0.800. The summed E-state index contributed by atoms with van der Waals surface area (Å²) < 4.78 is 2.33. The maximum atomic E-state index is 6.16. The molecule has 112 valence electrons. The van der Waals surface area contributed by atoms with Crippen LogP contribution in [0.4, 0.5) is 5.82 Å². The van der Waals surface area contributed by atoms with Crippen molar-refractivity contribution in [1.82, 2.24) is 14.5 Å². The number of aromatic nitrogens is 3. The Balaban J connectivity index is 1.83. The Morgan fingerprint density at radius 2 is 1.86 bits per heavy atom. The zero-order valence-electron chi connectivity index (χ0n) is 12.6. The van der Waals surface area contributed by atoms with Crippen molar-refractivity contribution in [2.24, 2.45) is 0 Å². The maximum Gasteiger partial charge on any atom is 0.146 e. The Bertz CT molecular complexity index is 785. The standard InChI is InChI=1S/C18H20N4/c19-17-16-14(10-13-6-2-1-3-7-13)11-22(15-8-4-5-9-15)18(16)21-12-20-17/h1-3,6-7,11-12,15H,4-5,8-10H2,(H2,19,20,21). The summed E-state index contributed by atoms with van der Waals surface area (Å²) in [5, 5.41) is 1.03. The van der Waals surface area contributed by atoms with Gasteiger partial charge < -0.3 is 10.3 Å². The number of fused-ring (bicyclic) bond motifs is 1. The van der Waals surface area contributed by atoms with Gasteiger partial charge in [-0.05, 0) is 30.4 Å². The van der Waals surface area contributed by atoms with Gasteiger partial charge in [-0.1, -0.05) is 43.2 Å². The van der Waals surface area contributed by atoms with E-state index in [-0.39, 0.29) is 0 Å². The van der Waals surface area contributed by atoms with Gasteiger partial charge in [0.2, 0.25) is 0 Å². The van der Waals surface area contributed by atoms with Gasteiger partial charge in [-0.15, -0.1) is 0 Å². The fourth-order valence-corrected chi connectivity index (χ4v) is 3.60. The molecule has 0 amide bonds. The van der Waals surface area contributed by atoms with E-state index in [4.69, 9.17) is 5.73 Å². The van der Waals surface area contributed by atoms with Gasteiger partial charge in [0.25, 0.3) is 0 Å². The normalized spacial score (nSPS) is 15.6. The van der Waals surface area contributed by atoms with Crippen molar-refractivity contribution < 1.29 is 0 Å². The van der Waals surface area contributed by atoms with Crippen molar-refractivity contribution in [2.75, 3.05) is 5.73 Å². The van der Waals surface area contributed by atoms with Crippen molar-refractivity contribution in [3.63, 3.8) is 0 Å². The highest BCUT2D eigenvalue weighted by Crippen LogP contribution is 2.35. The summed E-state index contributed by atoms with van der Waals surface area (Å²) in [6.07, 6.45) is 9.78. The van der Waals surface area contributed by atoms with Gasteiger partial charge in [-0.2, -0.15) is 0 Å². The Morgan fingerprint density at radius 3 is 2.64 bits per heavy atom. The van der Waals surface area contributed by atoms with Crippen LogP contribution in [0.5, 0.6) is 0 Å². The van der Waals surface area contributed by atoms with Crippen molar-refractivity contribution in [3.05, 3.63) is 54.0 Å². The zero-order chi connectivity index (χ0) is 14.9. The molecule has 0 radical (unpaired) electrons. The van der Waals surface area contributed by atoms with Crippen LogP contribution in [-0.4, -0.2) is 14.5 Å². The van der Waals surface area contributed by atoms with Gasteiger partial charge in [-0.3, -0.25) is 0 Å². The van der Waals surface area contributed by atoms with E-state index < -0.39 is 0 Å². The molecule has 0 bridgehead atoms. The molecule has 1 aliphatic rings. The highest BCUT2D eigenvalue weighted by atomic mass is 15.1. The van der Waals surface area contributed by atoms with E-state index in [1.807, 2.05) is 6.07 Å². The first-order chi connectivity index (χ1) is 10.8. The van der Waals surface area contributed by atoms with Gasteiger partial charge in [0.05, 0.1) is 5.39 Å². The molecule has 22 heavy (non-hydrogen) atoms. The lowest BCUT2D eigenvalue weighted by atomic mass is 10.1. The van der Waals surface area contributed by atoms with Crippen LogP contribution in [0.2, 0.25) is 0 Å². The number of nitrogens with two attached hydrogens (primary N) is 1. The lowest BCUT2D eigenvalue weighted by molar-refractivity contribution is 0.531. The summed E-state index contributed by atoms with van der Waals surface area (Å²) >= 11 is 0. The van der Waals surface area contributed by atoms with Crippen molar-refractivity contribution in [2.45, 2.75) is 38.1 Å². The fraction of sp³-hybridized carbons (Fsp3) is 0.333. The second-order valence-corrected chi connectivity index (χ2v) is 6.12. The third-order valence-corrected chi connectivity index (χ3v) is 4.67. The molecular formula is C18H20N4. The van der Waals surface area contributed by atoms with Gasteiger partial charge in [0.15, 0.2) is 0 Å². The average molecular weight is 292 g/mol. The van der Waals surface area contributed by atoms with E-state index in [1.54, 1.807) is 6.33 Å². The molecule has 1 fully saturated rings. The molecular weight excluding hydrogens is 272 g/mol. The third kappa shape index (κ3) is 2.25. The second kappa shape index (κ2) is 5.44. The van der Waals surface area contributed by atoms with Crippen molar-refractivity contribution in [3.8, 4) is 0 Å². The van der Waals surface area contributed by atoms with Crippen molar-refractivity contribution >= 4 is 16.9 Å². The Hall–Kier alpha value is -2.36. The van der Waals surface area contributed by atoms with Gasteiger partial charge in [0, 0.05) is 12.2 Å². The number of nitrogen functional groups attached to an aromatic ring is 1. The molecule has 0 unspecified atom stereocenters. The zero-order valence-corrected chi connectivity index (χ0v) is 12.6. The van der Waals surface area contributed by atoms with Crippen LogP contribution in [0.25, 0.3) is 11.0 Å². The van der Waals surface area contributed by atoms with E-state index in [1.165, 1.54) is 36.8 Å². The highest BCUT2D eigenvalue weighted by Gasteiger charge is 2.22. The predicted octanol–water partition coefficient (Wildman–Crippen LogP) is 3.72. The molecule has 1 aliphatic carbocycles. The van der Waals surface area contributed by atoms with Crippen LogP contribution in [0.3, 0.4) is 0 Å². The molecule has 4 heteroatoms. The number of anilines is 1. The monoisotopic (exact) mass is 292 g/mol. The minimum Gasteiger partial charge on any atom is -0.383 e. The number of benzene rings is 1. The van der Waals surface area contributed by atoms with Crippen molar-refractivity contribution in [1.29, 1.82) is 0 Å². The average Bonchev–Trinajstić information content (AvgIpc) is 3.17. The van der Waals surface area contributed by atoms with Gasteiger partial charge in [-0.25, -0.2) is 9.97 Å². The van der Waals surface area contributed by atoms with E-state index in [2.05, 4.69) is 45.0 Å². The van der Waals surface area contributed by atoms with E-state index in [0.29, 0.717) is 11.9 Å². The molecule has 4 rings (SSSR count). The lowest BCUT2D eigenvalue weighted by Gasteiger charge is -2.12. The fourth-order valence-electron chi connectivity index (χ4n) is 3.60. The van der Waals surface area contributed by atoms with E-state index >= 15 is 0 Å². The molecule has 1 aromatic carbocycles.